The fraction of sp³-hybridized carbons (Fsp3) is 0.462. The second-order valence-corrected chi connectivity index (χ2v) is 4.54. The quantitative estimate of drug-likeness (QED) is 0.859. The molecule has 17 heavy (non-hydrogen) atoms. The van der Waals surface area contributed by atoms with Gasteiger partial charge in [-0.3, -0.25) is 0 Å². The van der Waals surface area contributed by atoms with E-state index in [1.54, 1.807) is 0 Å². The van der Waals surface area contributed by atoms with Crippen molar-refractivity contribution in [3.63, 3.8) is 0 Å². The molecule has 1 fully saturated rings. The van der Waals surface area contributed by atoms with Crippen molar-refractivity contribution >= 4 is 0 Å². The molecule has 0 bridgehead atoms. The monoisotopic (exact) mass is 237 g/mol. The number of halogens is 2. The Balaban J connectivity index is 2.39. The first kappa shape index (κ1) is 12.0. The van der Waals surface area contributed by atoms with Gasteiger partial charge in [-0.1, -0.05) is 12.8 Å². The maximum Gasteiger partial charge on any atom is 0.129 e. The molecule has 1 unspecified atom stereocenters. The lowest BCUT2D eigenvalue weighted by Crippen LogP contribution is -2.24. The van der Waals surface area contributed by atoms with Gasteiger partial charge >= 0.3 is 0 Å². The summed E-state index contributed by atoms with van der Waals surface area (Å²) in [5.41, 5.74) is -1.08. The van der Waals surface area contributed by atoms with Crippen LogP contribution in [0.1, 0.15) is 37.4 Å². The summed E-state index contributed by atoms with van der Waals surface area (Å²) in [4.78, 5) is 0. The fourth-order valence-corrected chi connectivity index (χ4v) is 2.47. The lowest BCUT2D eigenvalue weighted by Gasteiger charge is -2.27. The van der Waals surface area contributed by atoms with Gasteiger partial charge in [0, 0.05) is 5.56 Å². The number of aliphatic hydroxyl groups excluding tert-OH is 1. The van der Waals surface area contributed by atoms with E-state index in [4.69, 9.17) is 0 Å². The maximum absolute atomic E-state index is 13.5. The van der Waals surface area contributed by atoms with Crippen LogP contribution >= 0.6 is 0 Å². The van der Waals surface area contributed by atoms with Gasteiger partial charge in [-0.25, -0.2) is 8.78 Å². The number of hydrogen-bond donors (Lipinski definition) is 1. The van der Waals surface area contributed by atoms with Gasteiger partial charge in [-0.05, 0) is 31.0 Å². The Morgan fingerprint density at radius 3 is 2.53 bits per heavy atom. The highest BCUT2D eigenvalue weighted by Crippen LogP contribution is 2.47. The van der Waals surface area contributed by atoms with Crippen molar-refractivity contribution in [3.8, 4) is 6.07 Å². The molecule has 0 amide bonds. The van der Waals surface area contributed by atoms with E-state index in [2.05, 4.69) is 6.07 Å². The van der Waals surface area contributed by atoms with E-state index < -0.39 is 23.2 Å². The summed E-state index contributed by atoms with van der Waals surface area (Å²) in [6, 6.07) is 5.03. The number of hydrogen-bond acceptors (Lipinski definition) is 2. The summed E-state index contributed by atoms with van der Waals surface area (Å²) in [5.74, 6) is -1.27. The van der Waals surface area contributed by atoms with Gasteiger partial charge in [-0.15, -0.1) is 0 Å². The molecule has 1 atom stereocenters. The van der Waals surface area contributed by atoms with Crippen molar-refractivity contribution in [1.29, 1.82) is 5.26 Å². The summed E-state index contributed by atoms with van der Waals surface area (Å²) in [7, 11) is 0. The van der Waals surface area contributed by atoms with Gasteiger partial charge in [0.1, 0.15) is 17.7 Å². The number of rotatable bonds is 2. The smallest absolute Gasteiger partial charge is 0.129 e. The molecule has 0 saturated heterocycles. The summed E-state index contributed by atoms with van der Waals surface area (Å²) in [5, 5.41) is 19.3. The molecule has 1 aromatic carbocycles. The summed E-state index contributed by atoms with van der Waals surface area (Å²) >= 11 is 0. The molecule has 4 heteroatoms. The van der Waals surface area contributed by atoms with Gasteiger partial charge in [0.05, 0.1) is 11.5 Å². The number of nitriles is 1. The van der Waals surface area contributed by atoms with Crippen LogP contribution in [0.4, 0.5) is 8.78 Å². The third-order valence-electron chi connectivity index (χ3n) is 3.49. The fourth-order valence-electron chi connectivity index (χ4n) is 2.47. The predicted molar refractivity (Wildman–Crippen MR) is 57.8 cm³/mol. The molecule has 2 nitrogen and oxygen atoms in total. The van der Waals surface area contributed by atoms with Crippen LogP contribution in [0.3, 0.4) is 0 Å². The highest BCUT2D eigenvalue weighted by atomic mass is 19.1. The lowest BCUT2D eigenvalue weighted by atomic mass is 9.78. The molecule has 1 N–H and O–H groups in total. The van der Waals surface area contributed by atoms with Crippen molar-refractivity contribution in [2.75, 3.05) is 0 Å². The van der Waals surface area contributed by atoms with Crippen molar-refractivity contribution in [2.24, 2.45) is 5.41 Å². The zero-order valence-electron chi connectivity index (χ0n) is 9.29. The van der Waals surface area contributed by atoms with E-state index in [1.165, 1.54) is 0 Å². The zero-order valence-corrected chi connectivity index (χ0v) is 9.29. The molecule has 0 heterocycles. The van der Waals surface area contributed by atoms with Crippen LogP contribution in [-0.2, 0) is 0 Å². The number of benzene rings is 1. The molecule has 90 valence electrons. The molecule has 1 aliphatic rings. The largest absolute Gasteiger partial charge is 0.387 e. The highest BCUT2D eigenvalue weighted by molar-refractivity contribution is 5.26. The highest BCUT2D eigenvalue weighted by Gasteiger charge is 2.42. The normalized spacial score (nSPS) is 19.9. The van der Waals surface area contributed by atoms with Gasteiger partial charge in [-0.2, -0.15) is 5.26 Å². The van der Waals surface area contributed by atoms with Crippen molar-refractivity contribution in [1.82, 2.24) is 0 Å². The van der Waals surface area contributed by atoms with Crippen molar-refractivity contribution < 1.29 is 13.9 Å². The maximum atomic E-state index is 13.5. The molecule has 0 radical (unpaired) electrons. The molecule has 1 aliphatic carbocycles. The Kier molecular flexibility index (Phi) is 3.12. The van der Waals surface area contributed by atoms with E-state index in [0.717, 1.165) is 31.0 Å². The van der Waals surface area contributed by atoms with Crippen LogP contribution in [0.2, 0.25) is 0 Å². The minimum atomic E-state index is -1.26. The van der Waals surface area contributed by atoms with Crippen LogP contribution in [0.25, 0.3) is 0 Å². The SMILES string of the molecule is N#CC1(C(O)c2cc(F)ccc2F)CCCC1. The van der Waals surface area contributed by atoms with Crippen molar-refractivity contribution in [2.45, 2.75) is 31.8 Å². The van der Waals surface area contributed by atoms with Gasteiger partial charge in [0.2, 0.25) is 0 Å². The average molecular weight is 237 g/mol. The molecule has 2 rings (SSSR count). The molecule has 1 aromatic rings. The molecule has 0 aromatic heterocycles. The summed E-state index contributed by atoms with van der Waals surface area (Å²) in [6.07, 6.45) is 1.47. The van der Waals surface area contributed by atoms with E-state index in [9.17, 15) is 19.1 Å². The Hall–Kier alpha value is -1.47. The van der Waals surface area contributed by atoms with E-state index in [1.807, 2.05) is 0 Å². The van der Waals surface area contributed by atoms with E-state index >= 15 is 0 Å². The summed E-state index contributed by atoms with van der Waals surface area (Å²) in [6.45, 7) is 0. The van der Waals surface area contributed by atoms with Gasteiger partial charge in [0.25, 0.3) is 0 Å². The molecule has 0 spiro atoms. The first-order chi connectivity index (χ1) is 8.09. The number of aliphatic hydroxyl groups is 1. The zero-order chi connectivity index (χ0) is 12.5. The minimum absolute atomic E-state index is 0.117. The van der Waals surface area contributed by atoms with E-state index in [-0.39, 0.29) is 5.56 Å². The first-order valence-electron chi connectivity index (χ1n) is 5.63. The molecule has 0 aliphatic heterocycles. The standard InChI is InChI=1S/C13H13F2NO/c14-9-3-4-11(15)10(7-9)12(17)13(8-16)5-1-2-6-13/h3-4,7,12,17H,1-2,5-6H2. The Bertz CT molecular complexity index is 461. The second kappa shape index (κ2) is 4.42. The third kappa shape index (κ3) is 2.03. The van der Waals surface area contributed by atoms with Crippen LogP contribution in [-0.4, -0.2) is 5.11 Å². The Morgan fingerprint density at radius 2 is 1.94 bits per heavy atom. The number of nitrogens with zero attached hydrogens (tertiary/aromatic N) is 1. The average Bonchev–Trinajstić information content (AvgIpc) is 2.81. The van der Waals surface area contributed by atoms with E-state index in [0.29, 0.717) is 12.8 Å². The van der Waals surface area contributed by atoms with Gasteiger partial charge in [0.15, 0.2) is 0 Å². The van der Waals surface area contributed by atoms with Crippen molar-refractivity contribution in [3.05, 3.63) is 35.4 Å². The van der Waals surface area contributed by atoms with Crippen LogP contribution in [0.15, 0.2) is 18.2 Å². The van der Waals surface area contributed by atoms with Crippen LogP contribution in [0, 0.1) is 28.4 Å². The predicted octanol–water partition coefficient (Wildman–Crippen LogP) is 3.08. The second-order valence-electron chi connectivity index (χ2n) is 4.54. The summed E-state index contributed by atoms with van der Waals surface area (Å²) < 4.78 is 26.6. The Morgan fingerprint density at radius 1 is 1.29 bits per heavy atom. The third-order valence-corrected chi connectivity index (χ3v) is 3.49. The minimum Gasteiger partial charge on any atom is -0.387 e. The van der Waals surface area contributed by atoms with Crippen LogP contribution < -0.4 is 0 Å². The topological polar surface area (TPSA) is 44.0 Å². The molecule has 1 saturated carbocycles. The van der Waals surface area contributed by atoms with Gasteiger partial charge < -0.3 is 5.11 Å². The Labute approximate surface area is 98.5 Å². The molecular weight excluding hydrogens is 224 g/mol. The van der Waals surface area contributed by atoms with Crippen LogP contribution in [0.5, 0.6) is 0 Å². The first-order valence-corrected chi connectivity index (χ1v) is 5.63. The molecular formula is C13H13F2NO. The lowest BCUT2D eigenvalue weighted by molar-refractivity contribution is 0.0636.